The molecule has 0 radical (unpaired) electrons. The van der Waals surface area contributed by atoms with E-state index in [1.165, 1.54) is 23.8 Å². The van der Waals surface area contributed by atoms with E-state index in [9.17, 15) is 15.0 Å². The Bertz CT molecular complexity index is 674. The third-order valence-electron chi connectivity index (χ3n) is 4.29. The molecule has 0 aliphatic heterocycles. The molecule has 0 spiro atoms. The van der Waals surface area contributed by atoms with Crippen LogP contribution in [-0.4, -0.2) is 21.3 Å². The molecule has 3 N–H and O–H groups in total. The van der Waals surface area contributed by atoms with Gasteiger partial charge in [0.25, 0.3) is 0 Å². The molecule has 23 heavy (non-hydrogen) atoms. The number of rotatable bonds is 4. The number of carbonyl (C=O) groups is 1. The molecule has 1 aromatic rings. The molecule has 0 bridgehead atoms. The van der Waals surface area contributed by atoms with Gasteiger partial charge in [-0.25, -0.2) is 4.79 Å². The first-order valence-electron chi connectivity index (χ1n) is 7.59. The van der Waals surface area contributed by atoms with Gasteiger partial charge < -0.3 is 15.3 Å². The highest BCUT2D eigenvalue weighted by atomic mass is 16.4. The second-order valence-corrected chi connectivity index (χ2v) is 6.17. The molecule has 1 aliphatic rings. The van der Waals surface area contributed by atoms with Gasteiger partial charge in [0.15, 0.2) is 0 Å². The maximum atomic E-state index is 10.6. The van der Waals surface area contributed by atoms with Gasteiger partial charge in [-0.15, -0.1) is 0 Å². The minimum atomic E-state index is -1.08. The Kier molecular flexibility index (Phi) is 4.94. The SMILES string of the molecule is C=C(C)[C@@H]1CCC(C)=C[C@H]1c1c(O)cc(/C=C/C(=O)O)cc1O. The molecule has 4 nitrogen and oxygen atoms in total. The summed E-state index contributed by atoms with van der Waals surface area (Å²) in [7, 11) is 0. The summed E-state index contributed by atoms with van der Waals surface area (Å²) < 4.78 is 0. The number of phenols is 2. The van der Waals surface area contributed by atoms with Crippen LogP contribution in [0.25, 0.3) is 6.08 Å². The number of allylic oxidation sites excluding steroid dienone is 3. The molecule has 1 aromatic carbocycles. The maximum Gasteiger partial charge on any atom is 0.328 e. The Morgan fingerprint density at radius 3 is 2.43 bits per heavy atom. The lowest BCUT2D eigenvalue weighted by molar-refractivity contribution is -0.131. The van der Waals surface area contributed by atoms with E-state index in [0.717, 1.165) is 24.5 Å². The lowest BCUT2D eigenvalue weighted by Gasteiger charge is -2.31. The minimum Gasteiger partial charge on any atom is -0.507 e. The van der Waals surface area contributed by atoms with Gasteiger partial charge >= 0.3 is 5.97 Å². The third-order valence-corrected chi connectivity index (χ3v) is 4.29. The number of aliphatic carboxylic acids is 1. The van der Waals surface area contributed by atoms with Gasteiger partial charge in [-0.3, -0.25) is 0 Å². The molecule has 4 heteroatoms. The molecule has 2 rings (SSSR count). The fraction of sp³-hybridized carbons (Fsp3) is 0.316. The molecule has 122 valence electrons. The van der Waals surface area contributed by atoms with E-state index in [4.69, 9.17) is 5.11 Å². The number of carboxylic acid groups (broad SMARTS) is 1. The predicted octanol–water partition coefficient (Wildman–Crippen LogP) is 4.21. The molecule has 0 fully saturated rings. The first kappa shape index (κ1) is 16.9. The van der Waals surface area contributed by atoms with Gasteiger partial charge in [0.2, 0.25) is 0 Å². The van der Waals surface area contributed by atoms with E-state index in [2.05, 4.69) is 12.7 Å². The van der Waals surface area contributed by atoms with Gasteiger partial charge in [0, 0.05) is 17.6 Å². The number of carboxylic acids is 1. The number of benzene rings is 1. The van der Waals surface area contributed by atoms with Crippen molar-refractivity contribution >= 4 is 12.0 Å². The van der Waals surface area contributed by atoms with Crippen LogP contribution in [0.2, 0.25) is 0 Å². The second-order valence-electron chi connectivity index (χ2n) is 6.17. The van der Waals surface area contributed by atoms with Crippen molar-refractivity contribution in [2.75, 3.05) is 0 Å². The zero-order valence-electron chi connectivity index (χ0n) is 13.4. The molecule has 1 aliphatic carbocycles. The summed E-state index contributed by atoms with van der Waals surface area (Å²) in [5.41, 5.74) is 3.16. The largest absolute Gasteiger partial charge is 0.507 e. The molecular weight excluding hydrogens is 292 g/mol. The van der Waals surface area contributed by atoms with E-state index in [1.807, 2.05) is 13.8 Å². The highest BCUT2D eigenvalue weighted by Crippen LogP contribution is 2.46. The zero-order chi connectivity index (χ0) is 17.1. The van der Waals surface area contributed by atoms with Gasteiger partial charge in [-0.05, 0) is 56.4 Å². The molecule has 0 saturated carbocycles. The number of phenolic OH excluding ortho intramolecular Hbond substituents is 2. The van der Waals surface area contributed by atoms with Crippen LogP contribution in [0.5, 0.6) is 11.5 Å². The van der Waals surface area contributed by atoms with Crippen LogP contribution >= 0.6 is 0 Å². The van der Waals surface area contributed by atoms with Crippen molar-refractivity contribution in [3.63, 3.8) is 0 Å². The van der Waals surface area contributed by atoms with Crippen molar-refractivity contribution in [3.05, 3.63) is 53.1 Å². The molecule has 0 saturated heterocycles. The average Bonchev–Trinajstić information content (AvgIpc) is 2.44. The van der Waals surface area contributed by atoms with Crippen LogP contribution in [0.15, 0.2) is 42.0 Å². The molecule has 2 atom stereocenters. The smallest absolute Gasteiger partial charge is 0.328 e. The lowest BCUT2D eigenvalue weighted by atomic mass is 9.73. The topological polar surface area (TPSA) is 77.8 Å². The van der Waals surface area contributed by atoms with E-state index in [-0.39, 0.29) is 23.3 Å². The van der Waals surface area contributed by atoms with Crippen LogP contribution < -0.4 is 0 Å². The molecule has 0 amide bonds. The van der Waals surface area contributed by atoms with E-state index < -0.39 is 5.97 Å². The highest BCUT2D eigenvalue weighted by molar-refractivity contribution is 5.85. The van der Waals surface area contributed by atoms with E-state index >= 15 is 0 Å². The van der Waals surface area contributed by atoms with Crippen LogP contribution in [-0.2, 0) is 4.79 Å². The van der Waals surface area contributed by atoms with Crippen LogP contribution in [0.4, 0.5) is 0 Å². The Hall–Kier alpha value is -2.49. The average molecular weight is 314 g/mol. The first-order chi connectivity index (χ1) is 10.8. The Morgan fingerprint density at radius 1 is 1.30 bits per heavy atom. The molecule has 0 unspecified atom stereocenters. The van der Waals surface area contributed by atoms with Gasteiger partial charge in [-0.1, -0.05) is 23.8 Å². The number of hydrogen-bond acceptors (Lipinski definition) is 3. The van der Waals surface area contributed by atoms with Crippen LogP contribution in [0.3, 0.4) is 0 Å². The first-order valence-corrected chi connectivity index (χ1v) is 7.59. The van der Waals surface area contributed by atoms with Crippen molar-refractivity contribution < 1.29 is 20.1 Å². The zero-order valence-corrected chi connectivity index (χ0v) is 13.4. The predicted molar refractivity (Wildman–Crippen MR) is 90.5 cm³/mol. The lowest BCUT2D eigenvalue weighted by Crippen LogP contribution is -2.17. The van der Waals surface area contributed by atoms with Crippen molar-refractivity contribution in [2.45, 2.75) is 32.6 Å². The summed E-state index contributed by atoms with van der Waals surface area (Å²) in [6.45, 7) is 8.04. The standard InChI is InChI=1S/C19H22O4/c1-11(2)14-6-4-12(3)8-15(14)19-16(20)9-13(10-17(19)21)5-7-18(22)23/h5,7-10,14-15,20-21H,1,4,6H2,2-3H3,(H,22,23)/b7-5+/t14-,15+/m0/s1. The summed E-state index contributed by atoms with van der Waals surface area (Å²) in [4.78, 5) is 10.6. The van der Waals surface area contributed by atoms with Gasteiger partial charge in [0.05, 0.1) is 0 Å². The van der Waals surface area contributed by atoms with Crippen molar-refractivity contribution in [1.29, 1.82) is 0 Å². The number of hydrogen-bond donors (Lipinski definition) is 3. The molecular formula is C19H22O4. The molecule has 0 heterocycles. The summed E-state index contributed by atoms with van der Waals surface area (Å²) in [6, 6.07) is 2.95. The summed E-state index contributed by atoms with van der Waals surface area (Å²) >= 11 is 0. The van der Waals surface area contributed by atoms with Crippen LogP contribution in [0.1, 0.15) is 43.7 Å². The Balaban J connectivity index is 2.47. The Labute approximate surface area is 136 Å². The monoisotopic (exact) mass is 314 g/mol. The summed E-state index contributed by atoms with van der Waals surface area (Å²) in [6.07, 6.45) is 6.29. The fourth-order valence-electron chi connectivity index (χ4n) is 3.16. The van der Waals surface area contributed by atoms with Crippen molar-refractivity contribution in [2.24, 2.45) is 5.92 Å². The van der Waals surface area contributed by atoms with Gasteiger partial charge in [-0.2, -0.15) is 0 Å². The maximum absolute atomic E-state index is 10.6. The van der Waals surface area contributed by atoms with Crippen molar-refractivity contribution in [3.8, 4) is 11.5 Å². The summed E-state index contributed by atoms with van der Waals surface area (Å²) in [5.74, 6) is -1.11. The van der Waals surface area contributed by atoms with Gasteiger partial charge in [0.1, 0.15) is 11.5 Å². The normalized spacial score (nSPS) is 21.2. The van der Waals surface area contributed by atoms with Crippen molar-refractivity contribution in [1.82, 2.24) is 0 Å². The number of aromatic hydroxyl groups is 2. The van der Waals surface area contributed by atoms with Crippen LogP contribution in [0, 0.1) is 5.92 Å². The van der Waals surface area contributed by atoms with E-state index in [0.29, 0.717) is 11.1 Å². The minimum absolute atomic E-state index is 0.0303. The summed E-state index contributed by atoms with van der Waals surface area (Å²) in [5, 5.41) is 29.4. The third kappa shape index (κ3) is 3.83. The quantitative estimate of drug-likeness (QED) is 0.574. The van der Waals surface area contributed by atoms with E-state index in [1.54, 1.807) is 0 Å². The second kappa shape index (κ2) is 6.73. The highest BCUT2D eigenvalue weighted by Gasteiger charge is 2.29. The molecule has 0 aromatic heterocycles. The Morgan fingerprint density at radius 2 is 1.91 bits per heavy atom. The fourth-order valence-corrected chi connectivity index (χ4v) is 3.16.